The van der Waals surface area contributed by atoms with Gasteiger partial charge in [0.15, 0.2) is 5.76 Å². The molecule has 1 aliphatic heterocycles. The number of methoxy groups -OCH3 is 2. The van der Waals surface area contributed by atoms with Crippen LogP contribution in [0.15, 0.2) is 33.8 Å². The summed E-state index contributed by atoms with van der Waals surface area (Å²) in [6, 6.07) is 6.77. The lowest BCUT2D eigenvalue weighted by atomic mass is 9.93. The van der Waals surface area contributed by atoms with Gasteiger partial charge < -0.3 is 18.8 Å². The zero-order valence-electron chi connectivity index (χ0n) is 19.7. The fourth-order valence-electron chi connectivity index (χ4n) is 4.54. The Kier molecular flexibility index (Phi) is 7.00. The molecule has 1 aliphatic carbocycles. The quantitative estimate of drug-likeness (QED) is 0.534. The van der Waals surface area contributed by atoms with Gasteiger partial charge in [-0.15, -0.1) is 0 Å². The summed E-state index contributed by atoms with van der Waals surface area (Å²) in [4.78, 5) is 39.2. The molecule has 0 saturated carbocycles. The molecule has 180 valence electrons. The van der Waals surface area contributed by atoms with Crippen LogP contribution < -0.4 is 10.2 Å². The number of esters is 1. The summed E-state index contributed by atoms with van der Waals surface area (Å²) >= 11 is 0. The topological polar surface area (TPSA) is 110 Å². The van der Waals surface area contributed by atoms with Crippen LogP contribution >= 0.6 is 0 Å². The molecule has 2 aromatic rings. The molecule has 2 heterocycles. The largest absolute Gasteiger partial charge is 0.497 e. The van der Waals surface area contributed by atoms with E-state index in [0.29, 0.717) is 67.3 Å². The molecule has 2 aliphatic rings. The summed E-state index contributed by atoms with van der Waals surface area (Å²) in [5.74, 6) is 0.777. The number of aryl methyl sites for hydroxylation is 1. The second-order valence-electron chi connectivity index (χ2n) is 8.53. The van der Waals surface area contributed by atoms with Crippen LogP contribution in [-0.2, 0) is 16.0 Å². The highest BCUT2D eigenvalue weighted by Gasteiger charge is 2.33. The van der Waals surface area contributed by atoms with Gasteiger partial charge in [0.25, 0.3) is 11.8 Å². The van der Waals surface area contributed by atoms with E-state index in [9.17, 15) is 14.4 Å². The van der Waals surface area contributed by atoms with Crippen molar-refractivity contribution in [3.63, 3.8) is 0 Å². The Balaban J connectivity index is 1.49. The number of carbonyl (C=O) groups excluding carboxylic acids is 3. The summed E-state index contributed by atoms with van der Waals surface area (Å²) in [7, 11) is 2.95. The number of nitrogens with one attached hydrogen (secondary N) is 1. The van der Waals surface area contributed by atoms with Gasteiger partial charge in [0.1, 0.15) is 11.5 Å². The van der Waals surface area contributed by atoms with Gasteiger partial charge >= 0.3 is 5.97 Å². The molecule has 0 atom stereocenters. The van der Waals surface area contributed by atoms with Gasteiger partial charge in [-0.3, -0.25) is 14.4 Å². The van der Waals surface area contributed by atoms with E-state index < -0.39 is 0 Å². The first kappa shape index (κ1) is 23.5. The van der Waals surface area contributed by atoms with E-state index in [1.807, 2.05) is 6.92 Å². The minimum atomic E-state index is -0.326. The molecule has 4 rings (SSSR count). The standard InChI is InChI=1S/C25H29N3O6/c1-15-21-19(26-27-23(29)16-7-9-18(32-2)10-8-16)5-4-6-20(21)34-22(15)24(30)28-13-11-17(12-14-28)25(31)33-3/h7-10,17H,4-6,11-14H2,1-3H3,(H,27,29)/b26-19+. The number of carbonyl (C=O) groups is 3. The predicted molar refractivity (Wildman–Crippen MR) is 124 cm³/mol. The number of nitrogens with zero attached hydrogens (tertiary/aromatic N) is 2. The summed E-state index contributed by atoms with van der Waals surface area (Å²) < 4.78 is 16.0. The van der Waals surface area contributed by atoms with Gasteiger partial charge in [-0.2, -0.15) is 5.10 Å². The van der Waals surface area contributed by atoms with Crippen LogP contribution in [0.2, 0.25) is 0 Å². The molecular weight excluding hydrogens is 438 g/mol. The summed E-state index contributed by atoms with van der Waals surface area (Å²) in [6.07, 6.45) is 3.34. The number of likely N-dealkylation sites (tertiary alicyclic amines) is 1. The second-order valence-corrected chi connectivity index (χ2v) is 8.53. The van der Waals surface area contributed by atoms with E-state index in [-0.39, 0.29) is 23.7 Å². The Hall–Kier alpha value is -3.62. The number of piperidine rings is 1. The first-order valence-electron chi connectivity index (χ1n) is 11.4. The number of hydrazone groups is 1. The molecule has 9 heteroatoms. The van der Waals surface area contributed by atoms with Gasteiger partial charge in [0, 0.05) is 36.2 Å². The number of benzene rings is 1. The maximum absolute atomic E-state index is 13.2. The highest BCUT2D eigenvalue weighted by atomic mass is 16.5. The fourth-order valence-corrected chi connectivity index (χ4v) is 4.54. The van der Waals surface area contributed by atoms with Gasteiger partial charge in [-0.05, 0) is 56.9 Å². The Labute approximate surface area is 198 Å². The van der Waals surface area contributed by atoms with Crippen molar-refractivity contribution in [2.45, 2.75) is 39.0 Å². The Bertz CT molecular complexity index is 1110. The van der Waals surface area contributed by atoms with E-state index >= 15 is 0 Å². The number of amides is 2. The highest BCUT2D eigenvalue weighted by Crippen LogP contribution is 2.31. The van der Waals surface area contributed by atoms with E-state index in [1.165, 1.54) is 7.11 Å². The summed E-state index contributed by atoms with van der Waals surface area (Å²) in [5.41, 5.74) is 5.32. The molecule has 0 spiro atoms. The van der Waals surface area contributed by atoms with Gasteiger partial charge in [0.05, 0.1) is 25.8 Å². The minimum absolute atomic E-state index is 0.173. The van der Waals surface area contributed by atoms with Crippen LogP contribution in [0.5, 0.6) is 5.75 Å². The number of rotatable bonds is 5. The van der Waals surface area contributed by atoms with Crippen LogP contribution in [0.4, 0.5) is 0 Å². The van der Waals surface area contributed by atoms with E-state index in [4.69, 9.17) is 13.9 Å². The predicted octanol–water partition coefficient (Wildman–Crippen LogP) is 3.09. The van der Waals surface area contributed by atoms with Crippen LogP contribution in [-0.4, -0.2) is 55.7 Å². The summed E-state index contributed by atoms with van der Waals surface area (Å²) in [5, 5.41) is 4.38. The van der Waals surface area contributed by atoms with Crippen molar-refractivity contribution in [1.82, 2.24) is 10.3 Å². The Morgan fingerprint density at radius 2 is 1.79 bits per heavy atom. The second kappa shape index (κ2) is 10.1. The van der Waals surface area contributed by atoms with Crippen molar-refractivity contribution in [1.29, 1.82) is 0 Å². The Morgan fingerprint density at radius 3 is 2.44 bits per heavy atom. The third-order valence-corrected chi connectivity index (χ3v) is 6.48. The molecule has 1 N–H and O–H groups in total. The lowest BCUT2D eigenvalue weighted by molar-refractivity contribution is -0.146. The van der Waals surface area contributed by atoms with Gasteiger partial charge in [0.2, 0.25) is 0 Å². The third kappa shape index (κ3) is 4.69. The van der Waals surface area contributed by atoms with E-state index in [1.54, 1.807) is 36.3 Å². The smallest absolute Gasteiger partial charge is 0.308 e. The van der Waals surface area contributed by atoms with Crippen molar-refractivity contribution in [2.75, 3.05) is 27.3 Å². The number of ether oxygens (including phenoxy) is 2. The molecule has 1 saturated heterocycles. The first-order valence-corrected chi connectivity index (χ1v) is 11.4. The van der Waals surface area contributed by atoms with Gasteiger partial charge in [-0.25, -0.2) is 5.43 Å². The zero-order valence-corrected chi connectivity index (χ0v) is 19.7. The van der Waals surface area contributed by atoms with Crippen molar-refractivity contribution >= 4 is 23.5 Å². The molecule has 2 amide bonds. The van der Waals surface area contributed by atoms with Crippen molar-refractivity contribution in [3.8, 4) is 5.75 Å². The van der Waals surface area contributed by atoms with Gasteiger partial charge in [-0.1, -0.05) is 0 Å². The maximum Gasteiger partial charge on any atom is 0.308 e. The average molecular weight is 468 g/mol. The van der Waals surface area contributed by atoms with E-state index in [0.717, 1.165) is 17.5 Å². The molecule has 1 fully saturated rings. The van der Waals surface area contributed by atoms with Crippen molar-refractivity contribution < 1.29 is 28.3 Å². The number of hydrogen-bond donors (Lipinski definition) is 1. The number of hydrogen-bond acceptors (Lipinski definition) is 7. The monoisotopic (exact) mass is 467 g/mol. The first-order chi connectivity index (χ1) is 16.4. The molecule has 0 radical (unpaired) electrons. The molecule has 1 aromatic heterocycles. The molecule has 34 heavy (non-hydrogen) atoms. The van der Waals surface area contributed by atoms with Crippen LogP contribution in [0.1, 0.15) is 63.5 Å². The normalized spacial score (nSPS) is 17.3. The summed E-state index contributed by atoms with van der Waals surface area (Å²) in [6.45, 7) is 2.80. The lowest BCUT2D eigenvalue weighted by Crippen LogP contribution is -2.40. The molecule has 0 bridgehead atoms. The zero-order chi connectivity index (χ0) is 24.2. The fraction of sp³-hybridized carbons (Fsp3) is 0.440. The molecular formula is C25H29N3O6. The highest BCUT2D eigenvalue weighted by molar-refractivity contribution is 6.07. The molecule has 9 nitrogen and oxygen atoms in total. The lowest BCUT2D eigenvalue weighted by Gasteiger charge is -2.30. The van der Waals surface area contributed by atoms with Crippen LogP contribution in [0.25, 0.3) is 0 Å². The van der Waals surface area contributed by atoms with Crippen molar-refractivity contribution in [2.24, 2.45) is 11.0 Å². The van der Waals surface area contributed by atoms with Crippen LogP contribution in [0, 0.1) is 12.8 Å². The number of fused-ring (bicyclic) bond motifs is 1. The maximum atomic E-state index is 13.2. The minimum Gasteiger partial charge on any atom is -0.497 e. The molecule has 0 unspecified atom stereocenters. The number of furan rings is 1. The third-order valence-electron chi connectivity index (χ3n) is 6.48. The van der Waals surface area contributed by atoms with Crippen LogP contribution in [0.3, 0.4) is 0 Å². The SMILES string of the molecule is COC(=O)C1CCN(C(=O)c2oc3c(c2C)/C(=N/NC(=O)c2ccc(OC)cc2)CCC3)CC1. The van der Waals surface area contributed by atoms with E-state index in [2.05, 4.69) is 10.5 Å². The van der Waals surface area contributed by atoms with Crippen molar-refractivity contribution in [3.05, 3.63) is 52.5 Å². The Morgan fingerprint density at radius 1 is 1.09 bits per heavy atom. The average Bonchev–Trinajstić information content (AvgIpc) is 3.23. The molecule has 1 aromatic carbocycles.